The Morgan fingerprint density at radius 3 is 3.10 bits per heavy atom. The lowest BCUT2D eigenvalue weighted by Gasteiger charge is -1.95. The molecule has 0 aliphatic carbocycles. The first-order valence-electron chi connectivity index (χ1n) is 2.36. The number of hydrogen-bond donors (Lipinski definition) is 3. The van der Waals surface area contributed by atoms with E-state index >= 15 is 0 Å². The molecule has 2 amide bonds. The lowest BCUT2D eigenvalue weighted by atomic mass is 11.0. The minimum Gasteiger partial charge on any atom is -0.281 e. The highest BCUT2D eigenvalue weighted by atomic mass is 32.1. The van der Waals surface area contributed by atoms with Crippen LogP contribution in [0, 0.1) is 0 Å². The highest BCUT2D eigenvalue weighted by Crippen LogP contribution is 2.06. The molecule has 7 heteroatoms. The summed E-state index contributed by atoms with van der Waals surface area (Å²) in [4.78, 5) is 10.5. The molecule has 6 nitrogen and oxygen atoms in total. The standard InChI is InChI=1S/C3H5N5OS/c4-7-2(9)6-3-8-5-1-10-3/h1H,4H2,(H2,6,7,8,9). The second-order valence-electron chi connectivity index (χ2n) is 1.34. The van der Waals surface area contributed by atoms with Crippen molar-refractivity contribution < 1.29 is 4.79 Å². The van der Waals surface area contributed by atoms with Crippen molar-refractivity contribution in [2.24, 2.45) is 5.84 Å². The van der Waals surface area contributed by atoms with Crippen molar-refractivity contribution >= 4 is 22.5 Å². The Morgan fingerprint density at radius 2 is 2.60 bits per heavy atom. The Balaban J connectivity index is 2.48. The predicted molar refractivity (Wildman–Crippen MR) is 36.3 cm³/mol. The molecule has 0 atom stereocenters. The molecule has 1 rings (SSSR count). The predicted octanol–water partition coefficient (Wildman–Crippen LogP) is -0.467. The van der Waals surface area contributed by atoms with E-state index in [1.807, 2.05) is 5.43 Å². The van der Waals surface area contributed by atoms with E-state index in [4.69, 9.17) is 5.84 Å². The normalized spacial score (nSPS) is 8.90. The zero-order valence-corrected chi connectivity index (χ0v) is 5.68. The van der Waals surface area contributed by atoms with Gasteiger partial charge in [-0.2, -0.15) is 0 Å². The third-order valence-corrected chi connectivity index (χ3v) is 1.32. The Hall–Kier alpha value is -1.21. The molecular formula is C3H5N5OS. The molecule has 0 fully saturated rings. The SMILES string of the molecule is NNC(=O)Nc1nncs1. The molecule has 0 aliphatic heterocycles. The largest absolute Gasteiger partial charge is 0.335 e. The molecule has 1 heterocycles. The van der Waals surface area contributed by atoms with Crippen LogP contribution in [-0.2, 0) is 0 Å². The van der Waals surface area contributed by atoms with Gasteiger partial charge in [-0.15, -0.1) is 10.2 Å². The molecule has 10 heavy (non-hydrogen) atoms. The van der Waals surface area contributed by atoms with Gasteiger partial charge < -0.3 is 0 Å². The van der Waals surface area contributed by atoms with Gasteiger partial charge in [0.05, 0.1) is 0 Å². The molecular weight excluding hydrogens is 154 g/mol. The van der Waals surface area contributed by atoms with E-state index < -0.39 is 6.03 Å². The molecule has 0 saturated heterocycles. The van der Waals surface area contributed by atoms with Gasteiger partial charge in [0, 0.05) is 0 Å². The molecule has 0 unspecified atom stereocenters. The topological polar surface area (TPSA) is 92.9 Å². The van der Waals surface area contributed by atoms with E-state index in [0.29, 0.717) is 5.13 Å². The number of hydrazine groups is 1. The molecule has 1 aromatic rings. The van der Waals surface area contributed by atoms with Crippen LogP contribution in [0.5, 0.6) is 0 Å². The van der Waals surface area contributed by atoms with Crippen molar-refractivity contribution in [2.75, 3.05) is 5.32 Å². The van der Waals surface area contributed by atoms with Crippen LogP contribution in [0.1, 0.15) is 0 Å². The summed E-state index contributed by atoms with van der Waals surface area (Å²) in [6.07, 6.45) is 0. The van der Waals surface area contributed by atoms with Crippen molar-refractivity contribution in [3.63, 3.8) is 0 Å². The monoisotopic (exact) mass is 159 g/mol. The third kappa shape index (κ3) is 1.64. The fourth-order valence-corrected chi connectivity index (χ4v) is 0.801. The number of aromatic nitrogens is 2. The van der Waals surface area contributed by atoms with E-state index in [2.05, 4.69) is 15.5 Å². The van der Waals surface area contributed by atoms with Gasteiger partial charge in [-0.3, -0.25) is 10.7 Å². The third-order valence-electron chi connectivity index (χ3n) is 0.712. The van der Waals surface area contributed by atoms with E-state index in [1.54, 1.807) is 0 Å². The lowest BCUT2D eigenvalue weighted by Crippen LogP contribution is -2.34. The first-order valence-corrected chi connectivity index (χ1v) is 3.24. The summed E-state index contributed by atoms with van der Waals surface area (Å²) in [5.74, 6) is 4.78. The molecule has 0 radical (unpaired) electrons. The smallest absolute Gasteiger partial charge is 0.281 e. The van der Waals surface area contributed by atoms with Gasteiger partial charge in [0.1, 0.15) is 5.51 Å². The Bertz CT molecular complexity index is 209. The number of urea groups is 1. The summed E-state index contributed by atoms with van der Waals surface area (Å²) < 4.78 is 0. The average molecular weight is 159 g/mol. The van der Waals surface area contributed by atoms with E-state index in [0.717, 1.165) is 0 Å². The van der Waals surface area contributed by atoms with Crippen molar-refractivity contribution in [3.05, 3.63) is 5.51 Å². The number of nitrogens with one attached hydrogen (secondary N) is 2. The zero-order valence-electron chi connectivity index (χ0n) is 4.87. The Morgan fingerprint density at radius 1 is 1.80 bits per heavy atom. The second-order valence-corrected chi connectivity index (χ2v) is 2.18. The van der Waals surface area contributed by atoms with E-state index in [-0.39, 0.29) is 0 Å². The molecule has 0 spiro atoms. The highest BCUT2D eigenvalue weighted by molar-refractivity contribution is 7.13. The molecule has 4 N–H and O–H groups in total. The van der Waals surface area contributed by atoms with Crippen molar-refractivity contribution in [1.82, 2.24) is 15.6 Å². The first kappa shape index (κ1) is 6.90. The lowest BCUT2D eigenvalue weighted by molar-refractivity contribution is 0.252. The second kappa shape index (κ2) is 3.08. The van der Waals surface area contributed by atoms with Crippen molar-refractivity contribution in [2.45, 2.75) is 0 Å². The van der Waals surface area contributed by atoms with Crippen LogP contribution < -0.4 is 16.6 Å². The number of hydrogen-bond acceptors (Lipinski definition) is 5. The van der Waals surface area contributed by atoms with Crippen LogP contribution in [-0.4, -0.2) is 16.2 Å². The summed E-state index contributed by atoms with van der Waals surface area (Å²) in [7, 11) is 0. The average Bonchev–Trinajstić information content (AvgIpc) is 2.40. The van der Waals surface area contributed by atoms with Crippen LogP contribution in [0.2, 0.25) is 0 Å². The number of rotatable bonds is 1. The van der Waals surface area contributed by atoms with Gasteiger partial charge >= 0.3 is 6.03 Å². The maximum absolute atomic E-state index is 10.5. The van der Waals surface area contributed by atoms with Crippen molar-refractivity contribution in [1.29, 1.82) is 0 Å². The summed E-state index contributed by atoms with van der Waals surface area (Å²) in [6.45, 7) is 0. The molecule has 0 aromatic carbocycles. The van der Waals surface area contributed by atoms with Crippen LogP contribution in [0.25, 0.3) is 0 Å². The minimum atomic E-state index is -0.503. The molecule has 0 saturated carbocycles. The van der Waals surface area contributed by atoms with Crippen LogP contribution in [0.4, 0.5) is 9.93 Å². The number of carbonyl (C=O) groups is 1. The number of anilines is 1. The summed E-state index contributed by atoms with van der Waals surface area (Å²) >= 11 is 1.22. The first-order chi connectivity index (χ1) is 4.83. The van der Waals surface area contributed by atoms with Crippen LogP contribution in [0.3, 0.4) is 0 Å². The fraction of sp³-hybridized carbons (Fsp3) is 0. The minimum absolute atomic E-state index is 0.419. The zero-order chi connectivity index (χ0) is 7.40. The quantitative estimate of drug-likeness (QED) is 0.293. The van der Waals surface area contributed by atoms with Crippen LogP contribution in [0.15, 0.2) is 5.51 Å². The van der Waals surface area contributed by atoms with Gasteiger partial charge in [-0.1, -0.05) is 11.3 Å². The Kier molecular flexibility index (Phi) is 2.13. The molecule has 54 valence electrons. The molecule has 1 aromatic heterocycles. The number of carbonyl (C=O) groups excluding carboxylic acids is 1. The number of nitrogens with zero attached hydrogens (tertiary/aromatic N) is 2. The molecule has 0 bridgehead atoms. The maximum Gasteiger partial charge on any atom is 0.335 e. The summed E-state index contributed by atoms with van der Waals surface area (Å²) in [5, 5.41) is 9.80. The van der Waals surface area contributed by atoms with Gasteiger partial charge in [-0.05, 0) is 0 Å². The summed E-state index contributed by atoms with van der Waals surface area (Å²) in [5.41, 5.74) is 3.40. The molecule has 0 aliphatic rings. The summed E-state index contributed by atoms with van der Waals surface area (Å²) in [6, 6.07) is -0.503. The number of nitrogens with two attached hydrogens (primary N) is 1. The van der Waals surface area contributed by atoms with Gasteiger partial charge in [0.2, 0.25) is 5.13 Å². The van der Waals surface area contributed by atoms with Gasteiger partial charge in [-0.25, -0.2) is 10.6 Å². The Labute approximate surface area is 60.4 Å². The van der Waals surface area contributed by atoms with Crippen LogP contribution >= 0.6 is 11.3 Å². The van der Waals surface area contributed by atoms with E-state index in [1.165, 1.54) is 16.8 Å². The van der Waals surface area contributed by atoms with Crippen molar-refractivity contribution in [3.8, 4) is 0 Å². The van der Waals surface area contributed by atoms with E-state index in [9.17, 15) is 4.79 Å². The maximum atomic E-state index is 10.5. The fourth-order valence-electron chi connectivity index (χ4n) is 0.361. The van der Waals surface area contributed by atoms with Gasteiger partial charge in [0.25, 0.3) is 0 Å². The van der Waals surface area contributed by atoms with Gasteiger partial charge in [0.15, 0.2) is 0 Å². The highest BCUT2D eigenvalue weighted by Gasteiger charge is 1.99. The number of amides is 2.